The van der Waals surface area contributed by atoms with Gasteiger partial charge in [-0.1, -0.05) is 31.4 Å². The number of halogens is 1. The monoisotopic (exact) mass is 352 g/mol. The Labute approximate surface area is 151 Å². The zero-order valence-corrected chi connectivity index (χ0v) is 15.1. The summed E-state index contributed by atoms with van der Waals surface area (Å²) in [5.74, 6) is 0. The van der Waals surface area contributed by atoms with Crippen LogP contribution in [-0.2, 0) is 6.54 Å². The summed E-state index contributed by atoms with van der Waals surface area (Å²) in [6.07, 6.45) is 6.09. The van der Waals surface area contributed by atoms with Crippen LogP contribution < -0.4 is 11.1 Å². The van der Waals surface area contributed by atoms with Crippen LogP contribution in [0.1, 0.15) is 37.7 Å². The molecule has 1 aliphatic carbocycles. The number of piperazine rings is 1. The normalized spacial score (nSPS) is 19.6. The molecule has 0 bridgehead atoms. The van der Waals surface area contributed by atoms with Crippen LogP contribution in [0.15, 0.2) is 24.3 Å². The summed E-state index contributed by atoms with van der Waals surface area (Å²) >= 11 is 0. The third-order valence-corrected chi connectivity index (χ3v) is 4.95. The highest BCUT2D eigenvalue weighted by Crippen LogP contribution is 2.18. The van der Waals surface area contributed by atoms with Gasteiger partial charge in [0.2, 0.25) is 0 Å². The van der Waals surface area contributed by atoms with E-state index in [2.05, 4.69) is 16.3 Å². The van der Waals surface area contributed by atoms with Crippen molar-refractivity contribution in [1.29, 1.82) is 0 Å². The van der Waals surface area contributed by atoms with Crippen molar-refractivity contribution >= 4 is 24.1 Å². The van der Waals surface area contributed by atoms with E-state index < -0.39 is 0 Å². The largest absolute Gasteiger partial charge is 0.399 e. The number of hydrogen-bond acceptors (Lipinski definition) is 3. The maximum Gasteiger partial charge on any atom is 0.317 e. The number of hydrogen-bond donors (Lipinski definition) is 2. The number of nitrogens with two attached hydrogens (primary N) is 1. The van der Waals surface area contributed by atoms with Crippen LogP contribution in [0.3, 0.4) is 0 Å². The molecular formula is C18H29ClN4O. The third kappa shape index (κ3) is 5.28. The van der Waals surface area contributed by atoms with Crippen molar-refractivity contribution in [3.63, 3.8) is 0 Å². The van der Waals surface area contributed by atoms with E-state index in [1.807, 2.05) is 23.1 Å². The molecule has 1 aromatic rings. The fourth-order valence-corrected chi connectivity index (χ4v) is 3.57. The van der Waals surface area contributed by atoms with Crippen molar-refractivity contribution in [1.82, 2.24) is 15.1 Å². The van der Waals surface area contributed by atoms with Crippen molar-refractivity contribution in [2.24, 2.45) is 0 Å². The standard InChI is InChI=1S/C18H28N4O.ClH/c19-16-6-4-5-15(13-16)14-21-9-11-22(12-10-21)18(23)20-17-7-2-1-3-8-17;/h4-6,13,17H,1-3,7-12,14,19H2,(H,20,23);1H. The highest BCUT2D eigenvalue weighted by molar-refractivity contribution is 5.85. The second kappa shape index (κ2) is 9.14. The van der Waals surface area contributed by atoms with E-state index in [0.29, 0.717) is 6.04 Å². The Morgan fingerprint density at radius 3 is 2.50 bits per heavy atom. The Kier molecular flexibility index (Phi) is 7.18. The Morgan fingerprint density at radius 1 is 1.12 bits per heavy atom. The number of carbonyl (C=O) groups excluding carboxylic acids is 1. The number of nitrogens with zero attached hydrogens (tertiary/aromatic N) is 2. The summed E-state index contributed by atoms with van der Waals surface area (Å²) in [6.45, 7) is 4.37. The molecule has 3 rings (SSSR count). The van der Waals surface area contributed by atoms with Gasteiger partial charge in [-0.2, -0.15) is 0 Å². The Hall–Kier alpha value is -1.46. The molecule has 1 heterocycles. The molecule has 1 saturated heterocycles. The molecule has 0 unspecified atom stereocenters. The molecule has 0 spiro atoms. The van der Waals surface area contributed by atoms with Gasteiger partial charge < -0.3 is 16.0 Å². The van der Waals surface area contributed by atoms with Crippen LogP contribution in [-0.4, -0.2) is 48.1 Å². The van der Waals surface area contributed by atoms with Crippen molar-refractivity contribution in [2.75, 3.05) is 31.9 Å². The maximum atomic E-state index is 12.4. The molecule has 3 N–H and O–H groups in total. The maximum absolute atomic E-state index is 12.4. The number of amides is 2. The number of carbonyl (C=O) groups is 1. The number of urea groups is 1. The molecule has 6 heteroatoms. The van der Waals surface area contributed by atoms with Gasteiger partial charge in [0.1, 0.15) is 0 Å². The lowest BCUT2D eigenvalue weighted by molar-refractivity contribution is 0.132. The Morgan fingerprint density at radius 2 is 1.83 bits per heavy atom. The van der Waals surface area contributed by atoms with Crippen LogP contribution in [0.25, 0.3) is 0 Å². The van der Waals surface area contributed by atoms with Gasteiger partial charge in [0.05, 0.1) is 0 Å². The first-order valence-electron chi connectivity index (χ1n) is 8.83. The molecule has 134 valence electrons. The summed E-state index contributed by atoms with van der Waals surface area (Å²) in [4.78, 5) is 16.7. The van der Waals surface area contributed by atoms with Crippen LogP contribution in [0.4, 0.5) is 10.5 Å². The fourth-order valence-electron chi connectivity index (χ4n) is 3.57. The summed E-state index contributed by atoms with van der Waals surface area (Å²) in [5.41, 5.74) is 7.89. The number of benzene rings is 1. The van der Waals surface area contributed by atoms with E-state index in [0.717, 1.165) is 51.3 Å². The predicted octanol–water partition coefficient (Wildman–Crippen LogP) is 2.85. The second-order valence-corrected chi connectivity index (χ2v) is 6.79. The van der Waals surface area contributed by atoms with Crippen LogP contribution in [0, 0.1) is 0 Å². The molecule has 2 amide bonds. The summed E-state index contributed by atoms with van der Waals surface area (Å²) in [6, 6.07) is 8.57. The number of nitrogens with one attached hydrogen (secondary N) is 1. The topological polar surface area (TPSA) is 61.6 Å². The third-order valence-electron chi connectivity index (χ3n) is 4.95. The lowest BCUT2D eigenvalue weighted by atomic mass is 9.96. The highest BCUT2D eigenvalue weighted by Gasteiger charge is 2.23. The molecule has 0 radical (unpaired) electrons. The van der Waals surface area contributed by atoms with Gasteiger partial charge in [-0.25, -0.2) is 4.79 Å². The Balaban J connectivity index is 0.00000208. The molecule has 1 aromatic carbocycles. The first kappa shape index (κ1) is 18.9. The van der Waals surface area contributed by atoms with Crippen LogP contribution >= 0.6 is 12.4 Å². The lowest BCUT2D eigenvalue weighted by Gasteiger charge is -2.36. The van der Waals surface area contributed by atoms with Crippen molar-refractivity contribution < 1.29 is 4.79 Å². The van der Waals surface area contributed by atoms with Gasteiger partial charge >= 0.3 is 6.03 Å². The molecule has 24 heavy (non-hydrogen) atoms. The van der Waals surface area contributed by atoms with Gasteiger partial charge in [0.25, 0.3) is 0 Å². The average Bonchev–Trinajstić information content (AvgIpc) is 2.56. The Bertz CT molecular complexity index is 526. The quantitative estimate of drug-likeness (QED) is 0.822. The molecule has 0 atom stereocenters. The van der Waals surface area contributed by atoms with Crippen molar-refractivity contribution in [3.05, 3.63) is 29.8 Å². The predicted molar refractivity (Wildman–Crippen MR) is 100 cm³/mol. The van der Waals surface area contributed by atoms with Gasteiger partial charge in [0.15, 0.2) is 0 Å². The zero-order valence-electron chi connectivity index (χ0n) is 14.2. The molecule has 1 saturated carbocycles. The molecule has 2 aliphatic rings. The van der Waals surface area contributed by atoms with E-state index in [-0.39, 0.29) is 18.4 Å². The van der Waals surface area contributed by atoms with Gasteiger partial charge in [-0.3, -0.25) is 4.90 Å². The summed E-state index contributed by atoms with van der Waals surface area (Å²) in [5, 5.41) is 3.21. The van der Waals surface area contributed by atoms with E-state index >= 15 is 0 Å². The highest BCUT2D eigenvalue weighted by atomic mass is 35.5. The first-order chi connectivity index (χ1) is 11.2. The minimum atomic E-state index is 0. The summed E-state index contributed by atoms with van der Waals surface area (Å²) < 4.78 is 0. The average molecular weight is 353 g/mol. The lowest BCUT2D eigenvalue weighted by Crippen LogP contribution is -2.53. The van der Waals surface area contributed by atoms with Crippen molar-refractivity contribution in [2.45, 2.75) is 44.7 Å². The number of nitrogen functional groups attached to an aromatic ring is 1. The van der Waals surface area contributed by atoms with Gasteiger partial charge in [0, 0.05) is 44.5 Å². The molecule has 0 aromatic heterocycles. The van der Waals surface area contributed by atoms with E-state index in [1.54, 1.807) is 0 Å². The first-order valence-corrected chi connectivity index (χ1v) is 8.83. The van der Waals surface area contributed by atoms with E-state index in [1.165, 1.54) is 24.8 Å². The number of anilines is 1. The van der Waals surface area contributed by atoms with Gasteiger partial charge in [-0.05, 0) is 30.5 Å². The summed E-state index contributed by atoms with van der Waals surface area (Å²) in [7, 11) is 0. The van der Waals surface area contributed by atoms with E-state index in [9.17, 15) is 4.79 Å². The second-order valence-electron chi connectivity index (χ2n) is 6.79. The van der Waals surface area contributed by atoms with Gasteiger partial charge in [-0.15, -0.1) is 12.4 Å². The van der Waals surface area contributed by atoms with E-state index in [4.69, 9.17) is 5.73 Å². The van der Waals surface area contributed by atoms with Crippen molar-refractivity contribution in [3.8, 4) is 0 Å². The fraction of sp³-hybridized carbons (Fsp3) is 0.611. The minimum Gasteiger partial charge on any atom is -0.399 e. The molecule has 5 nitrogen and oxygen atoms in total. The minimum absolute atomic E-state index is 0. The van der Waals surface area contributed by atoms with Crippen LogP contribution in [0.2, 0.25) is 0 Å². The molecule has 1 aliphatic heterocycles. The smallest absolute Gasteiger partial charge is 0.317 e. The SMILES string of the molecule is Cl.Nc1cccc(CN2CCN(C(=O)NC3CCCCC3)CC2)c1. The molecule has 2 fully saturated rings. The zero-order chi connectivity index (χ0) is 16.1. The molecular weight excluding hydrogens is 324 g/mol. The van der Waals surface area contributed by atoms with Crippen LogP contribution in [0.5, 0.6) is 0 Å². The number of rotatable bonds is 3.